The van der Waals surface area contributed by atoms with Gasteiger partial charge in [0.05, 0.1) is 13.0 Å². The van der Waals surface area contributed by atoms with E-state index in [1.54, 1.807) is 34.7 Å². The van der Waals surface area contributed by atoms with Crippen LogP contribution in [0.5, 0.6) is 0 Å². The van der Waals surface area contributed by atoms with E-state index in [-0.39, 0.29) is 25.5 Å². The summed E-state index contributed by atoms with van der Waals surface area (Å²) >= 11 is 0. The number of rotatable bonds is 11. The lowest BCUT2D eigenvalue weighted by atomic mass is 9.92. The Morgan fingerprint density at radius 1 is 1.06 bits per heavy atom. The molecule has 0 heterocycles. The van der Waals surface area contributed by atoms with Crippen molar-refractivity contribution in [2.45, 2.75) is 85.9 Å². The number of amides is 3. The number of nitrogens with zero attached hydrogens (tertiary/aromatic N) is 1. The average Bonchev–Trinajstić information content (AvgIpc) is 2.77. The zero-order chi connectivity index (χ0) is 27.6. The summed E-state index contributed by atoms with van der Waals surface area (Å²) < 4.78 is 10.3. The molecular formula is C27H43N3O6. The molecule has 0 radical (unpaired) electrons. The number of ether oxygens (including phenoxy) is 2. The third-order valence-electron chi connectivity index (χ3n) is 5.88. The van der Waals surface area contributed by atoms with Crippen LogP contribution in [0.25, 0.3) is 0 Å². The van der Waals surface area contributed by atoms with Crippen LogP contribution in [0.3, 0.4) is 0 Å². The number of hydrogen-bond acceptors (Lipinski definition) is 6. The van der Waals surface area contributed by atoms with Crippen molar-refractivity contribution in [3.8, 4) is 0 Å². The van der Waals surface area contributed by atoms with Crippen molar-refractivity contribution >= 4 is 23.9 Å². The number of benzene rings is 1. The van der Waals surface area contributed by atoms with E-state index in [9.17, 15) is 19.2 Å². The Bertz CT molecular complexity index is 904. The number of hydrogen-bond donors (Lipinski definition) is 2. The predicted molar refractivity (Wildman–Crippen MR) is 138 cm³/mol. The van der Waals surface area contributed by atoms with E-state index in [1.807, 2.05) is 45.9 Å². The van der Waals surface area contributed by atoms with Crippen LogP contribution >= 0.6 is 0 Å². The Morgan fingerprint density at radius 3 is 2.14 bits per heavy atom. The summed E-state index contributed by atoms with van der Waals surface area (Å²) in [5.74, 6) is -1.46. The molecular weight excluding hydrogens is 462 g/mol. The first-order valence-electron chi connectivity index (χ1n) is 12.5. The summed E-state index contributed by atoms with van der Waals surface area (Å²) in [6.07, 6.45) is -0.0521. The van der Waals surface area contributed by atoms with Crippen LogP contribution in [0.4, 0.5) is 4.79 Å². The van der Waals surface area contributed by atoms with Crippen LogP contribution in [-0.2, 0) is 23.9 Å². The lowest BCUT2D eigenvalue weighted by molar-refractivity contribution is -0.144. The molecule has 0 spiro atoms. The minimum Gasteiger partial charge on any atom is -0.466 e. The number of likely N-dealkylation sites (N-methyl/N-ethyl adjacent to an activating group) is 1. The number of aryl methyl sites for hydroxylation is 2. The first-order valence-corrected chi connectivity index (χ1v) is 12.5. The quantitative estimate of drug-likeness (QED) is 0.442. The standard InChI is InChI=1S/C27H43N3O6/c1-10-17(3)22(29-26(34)36-27(6,7)8)25(33)30(9)23(21-18(4)13-12-14-19(21)5)24(32)28-16-15-20(31)35-11-2/h12-14,17,22-23H,10-11,15-16H2,1-9H3,(H,28,32)(H,29,34). The molecule has 0 bridgehead atoms. The highest BCUT2D eigenvalue weighted by atomic mass is 16.6. The van der Waals surface area contributed by atoms with Crippen LogP contribution in [0.2, 0.25) is 0 Å². The van der Waals surface area contributed by atoms with Gasteiger partial charge in [-0.25, -0.2) is 4.79 Å². The Labute approximate surface area is 215 Å². The van der Waals surface area contributed by atoms with Crippen molar-refractivity contribution in [1.82, 2.24) is 15.5 Å². The lowest BCUT2D eigenvalue weighted by Gasteiger charge is -2.34. The molecule has 36 heavy (non-hydrogen) atoms. The highest BCUT2D eigenvalue weighted by Crippen LogP contribution is 2.28. The molecule has 0 aliphatic carbocycles. The first kappa shape index (κ1) is 30.9. The Hall–Kier alpha value is -3.10. The lowest BCUT2D eigenvalue weighted by Crippen LogP contribution is -2.54. The van der Waals surface area contributed by atoms with Gasteiger partial charge in [0.2, 0.25) is 11.8 Å². The zero-order valence-electron chi connectivity index (χ0n) is 23.2. The van der Waals surface area contributed by atoms with Crippen LogP contribution in [-0.4, -0.2) is 60.6 Å². The molecule has 0 aliphatic heterocycles. The van der Waals surface area contributed by atoms with Gasteiger partial charge in [-0.2, -0.15) is 0 Å². The van der Waals surface area contributed by atoms with Gasteiger partial charge in [0.1, 0.15) is 17.7 Å². The smallest absolute Gasteiger partial charge is 0.408 e. The maximum Gasteiger partial charge on any atom is 0.408 e. The second-order valence-electron chi connectivity index (χ2n) is 10.0. The second kappa shape index (κ2) is 13.8. The summed E-state index contributed by atoms with van der Waals surface area (Å²) in [5, 5.41) is 5.48. The van der Waals surface area contributed by atoms with Gasteiger partial charge >= 0.3 is 12.1 Å². The molecule has 202 valence electrons. The molecule has 3 amide bonds. The predicted octanol–water partition coefficient (Wildman–Crippen LogP) is 3.81. The van der Waals surface area contributed by atoms with E-state index in [4.69, 9.17) is 9.47 Å². The fraction of sp³-hybridized carbons (Fsp3) is 0.630. The molecule has 1 aromatic carbocycles. The third kappa shape index (κ3) is 9.17. The molecule has 0 saturated carbocycles. The van der Waals surface area contributed by atoms with Gasteiger partial charge in [-0.15, -0.1) is 0 Å². The molecule has 1 aromatic rings. The van der Waals surface area contributed by atoms with Gasteiger partial charge in [0.15, 0.2) is 0 Å². The zero-order valence-corrected chi connectivity index (χ0v) is 23.2. The van der Waals surface area contributed by atoms with Crippen LogP contribution in [0.15, 0.2) is 18.2 Å². The monoisotopic (exact) mass is 505 g/mol. The molecule has 1 rings (SSSR count). The molecule has 9 heteroatoms. The van der Waals surface area contributed by atoms with Crippen LogP contribution < -0.4 is 10.6 Å². The highest BCUT2D eigenvalue weighted by Gasteiger charge is 2.37. The van der Waals surface area contributed by atoms with Gasteiger partial charge in [0, 0.05) is 13.6 Å². The van der Waals surface area contributed by atoms with Crippen molar-refractivity contribution in [2.75, 3.05) is 20.2 Å². The number of esters is 1. The average molecular weight is 506 g/mol. The van der Waals surface area contributed by atoms with E-state index >= 15 is 0 Å². The van der Waals surface area contributed by atoms with Crippen molar-refractivity contribution in [2.24, 2.45) is 5.92 Å². The van der Waals surface area contributed by atoms with Crippen molar-refractivity contribution < 1.29 is 28.7 Å². The second-order valence-corrected chi connectivity index (χ2v) is 10.0. The molecule has 3 atom stereocenters. The summed E-state index contributed by atoms with van der Waals surface area (Å²) in [6, 6.07) is 3.79. The summed E-state index contributed by atoms with van der Waals surface area (Å²) in [6.45, 7) is 14.8. The summed E-state index contributed by atoms with van der Waals surface area (Å²) in [7, 11) is 1.55. The molecule has 0 aromatic heterocycles. The van der Waals surface area contributed by atoms with Gasteiger partial charge in [-0.05, 0) is 64.2 Å². The van der Waals surface area contributed by atoms with E-state index in [0.717, 1.165) is 11.1 Å². The molecule has 0 saturated heterocycles. The first-order chi connectivity index (χ1) is 16.7. The van der Waals surface area contributed by atoms with E-state index in [0.29, 0.717) is 12.0 Å². The van der Waals surface area contributed by atoms with E-state index in [1.165, 1.54) is 4.90 Å². The molecule has 0 aliphatic rings. The Kier molecular flexibility index (Phi) is 11.9. The third-order valence-corrected chi connectivity index (χ3v) is 5.88. The Morgan fingerprint density at radius 2 is 1.64 bits per heavy atom. The summed E-state index contributed by atoms with van der Waals surface area (Å²) in [4.78, 5) is 52.8. The van der Waals surface area contributed by atoms with E-state index in [2.05, 4.69) is 10.6 Å². The number of carbonyl (C=O) groups is 4. The van der Waals surface area contributed by atoms with Gasteiger partial charge in [-0.3, -0.25) is 14.4 Å². The minimum absolute atomic E-state index is 0.0202. The van der Waals surface area contributed by atoms with E-state index < -0.39 is 41.6 Å². The molecule has 3 unspecified atom stereocenters. The fourth-order valence-electron chi connectivity index (χ4n) is 3.84. The largest absolute Gasteiger partial charge is 0.466 e. The van der Waals surface area contributed by atoms with Gasteiger partial charge < -0.3 is 25.0 Å². The normalized spacial score (nSPS) is 13.7. The van der Waals surface area contributed by atoms with Crippen molar-refractivity contribution in [3.05, 3.63) is 34.9 Å². The SMILES string of the molecule is CCOC(=O)CCNC(=O)C(c1c(C)cccc1C)N(C)C(=O)C(NC(=O)OC(C)(C)C)C(C)CC. The van der Waals surface area contributed by atoms with Gasteiger partial charge in [-0.1, -0.05) is 38.5 Å². The minimum atomic E-state index is -0.965. The maximum atomic E-state index is 13.8. The molecule has 2 N–H and O–H groups in total. The van der Waals surface area contributed by atoms with Crippen LogP contribution in [0.1, 0.15) is 77.1 Å². The molecule has 9 nitrogen and oxygen atoms in total. The topological polar surface area (TPSA) is 114 Å². The number of alkyl carbamates (subject to hydrolysis) is 1. The summed E-state index contributed by atoms with van der Waals surface area (Å²) in [5.41, 5.74) is 1.67. The number of carbonyl (C=O) groups excluding carboxylic acids is 4. The number of nitrogens with one attached hydrogen (secondary N) is 2. The van der Waals surface area contributed by atoms with Crippen molar-refractivity contribution in [3.63, 3.8) is 0 Å². The highest BCUT2D eigenvalue weighted by molar-refractivity contribution is 5.92. The maximum absolute atomic E-state index is 13.8. The molecule has 0 fully saturated rings. The van der Waals surface area contributed by atoms with Gasteiger partial charge in [0.25, 0.3) is 0 Å². The fourth-order valence-corrected chi connectivity index (χ4v) is 3.84. The van der Waals surface area contributed by atoms with Crippen molar-refractivity contribution in [1.29, 1.82) is 0 Å². The van der Waals surface area contributed by atoms with Crippen LogP contribution in [0, 0.1) is 19.8 Å². The Balaban J connectivity index is 3.30.